The first kappa shape index (κ1) is 18.5. The van der Waals surface area contributed by atoms with Gasteiger partial charge in [0, 0.05) is 26.2 Å². The molecule has 3 aliphatic rings. The molecule has 0 amide bonds. The summed E-state index contributed by atoms with van der Waals surface area (Å²) in [5, 5.41) is 0. The molecule has 0 spiro atoms. The molecule has 0 aliphatic carbocycles. The van der Waals surface area contributed by atoms with Crippen LogP contribution >= 0.6 is 0 Å². The van der Waals surface area contributed by atoms with Gasteiger partial charge in [-0.2, -0.15) is 0 Å². The Kier molecular flexibility index (Phi) is 5.21. The summed E-state index contributed by atoms with van der Waals surface area (Å²) in [6, 6.07) is 1.98. The molecule has 3 aliphatic heterocycles. The molecule has 1 aromatic rings. The van der Waals surface area contributed by atoms with E-state index < -0.39 is 0 Å². The molecule has 1 fully saturated rings. The van der Waals surface area contributed by atoms with Crippen molar-refractivity contribution in [3.63, 3.8) is 0 Å². The second-order valence-corrected chi connectivity index (χ2v) is 7.77. The summed E-state index contributed by atoms with van der Waals surface area (Å²) in [5.74, 6) is 2.00. The van der Waals surface area contributed by atoms with Crippen molar-refractivity contribution in [3.05, 3.63) is 34.1 Å². The quantitative estimate of drug-likeness (QED) is 0.758. The highest BCUT2D eigenvalue weighted by atomic mass is 16.5. The maximum absolute atomic E-state index is 12.7. The first-order valence-corrected chi connectivity index (χ1v) is 9.76. The van der Waals surface area contributed by atoms with E-state index in [2.05, 4.69) is 9.80 Å². The zero-order valence-electron chi connectivity index (χ0n) is 16.5. The van der Waals surface area contributed by atoms with Crippen molar-refractivity contribution >= 4 is 5.78 Å². The Bertz CT molecular complexity index is 777. The van der Waals surface area contributed by atoms with Gasteiger partial charge < -0.3 is 14.2 Å². The van der Waals surface area contributed by atoms with Crippen LogP contribution in [0.2, 0.25) is 0 Å². The number of ether oxygens (including phenoxy) is 3. The van der Waals surface area contributed by atoms with Crippen LogP contribution in [0.4, 0.5) is 0 Å². The Morgan fingerprint density at radius 3 is 2.63 bits per heavy atom. The molecule has 6 heteroatoms. The van der Waals surface area contributed by atoms with Gasteiger partial charge in [-0.1, -0.05) is 0 Å². The molecule has 6 nitrogen and oxygen atoms in total. The summed E-state index contributed by atoms with van der Waals surface area (Å²) >= 11 is 0. The standard InChI is InChI=1S/C21H28N2O4/c1-14(2)20-19(24)18-15(3)11-17-16(21(18)27-20)12-23(13-26-17)6-4-5-22-7-9-25-10-8-22/h11H,4-10,12-13H2,1-3H3. The second-order valence-electron chi connectivity index (χ2n) is 7.77. The zero-order chi connectivity index (χ0) is 19.0. The van der Waals surface area contributed by atoms with Gasteiger partial charge in [0.1, 0.15) is 18.2 Å². The van der Waals surface area contributed by atoms with Gasteiger partial charge in [0.15, 0.2) is 5.76 Å². The molecule has 27 heavy (non-hydrogen) atoms. The number of rotatable bonds is 4. The Morgan fingerprint density at radius 1 is 1.15 bits per heavy atom. The van der Waals surface area contributed by atoms with Crippen LogP contribution in [-0.2, 0) is 11.3 Å². The normalized spacial score (nSPS) is 20.1. The molecule has 0 saturated carbocycles. The Morgan fingerprint density at radius 2 is 1.89 bits per heavy atom. The summed E-state index contributed by atoms with van der Waals surface area (Å²) in [6.45, 7) is 12.9. The number of nitrogens with zero attached hydrogens (tertiary/aromatic N) is 2. The molecule has 3 heterocycles. The number of ketones is 1. The van der Waals surface area contributed by atoms with E-state index in [0.29, 0.717) is 23.8 Å². The van der Waals surface area contributed by atoms with E-state index >= 15 is 0 Å². The number of fused-ring (bicyclic) bond motifs is 3. The van der Waals surface area contributed by atoms with E-state index in [1.165, 1.54) is 0 Å². The van der Waals surface area contributed by atoms with Crippen molar-refractivity contribution in [2.75, 3.05) is 46.1 Å². The van der Waals surface area contributed by atoms with Crippen LogP contribution in [0.15, 0.2) is 17.4 Å². The summed E-state index contributed by atoms with van der Waals surface area (Å²) in [4.78, 5) is 17.5. The van der Waals surface area contributed by atoms with Crippen LogP contribution in [0, 0.1) is 6.92 Å². The predicted molar refractivity (Wildman–Crippen MR) is 102 cm³/mol. The molecular weight excluding hydrogens is 344 g/mol. The number of hydrogen-bond donors (Lipinski definition) is 0. The Labute approximate surface area is 160 Å². The first-order chi connectivity index (χ1) is 13.0. The van der Waals surface area contributed by atoms with E-state index in [-0.39, 0.29) is 5.78 Å². The minimum atomic E-state index is -0.00487. The fourth-order valence-corrected chi connectivity index (χ4v) is 3.98. The third-order valence-electron chi connectivity index (χ3n) is 5.47. The maximum Gasteiger partial charge on any atom is 0.232 e. The fourth-order valence-electron chi connectivity index (χ4n) is 3.98. The lowest BCUT2D eigenvalue weighted by atomic mass is 9.98. The monoisotopic (exact) mass is 372 g/mol. The average molecular weight is 372 g/mol. The molecule has 0 radical (unpaired) electrons. The van der Waals surface area contributed by atoms with Crippen LogP contribution in [0.25, 0.3) is 0 Å². The van der Waals surface area contributed by atoms with E-state index in [1.54, 1.807) is 0 Å². The van der Waals surface area contributed by atoms with Crippen LogP contribution < -0.4 is 9.47 Å². The summed E-state index contributed by atoms with van der Waals surface area (Å²) < 4.78 is 17.4. The number of benzene rings is 1. The third-order valence-corrected chi connectivity index (χ3v) is 5.47. The average Bonchev–Trinajstić information content (AvgIpc) is 3.02. The van der Waals surface area contributed by atoms with E-state index in [9.17, 15) is 4.79 Å². The molecule has 0 aromatic heterocycles. The van der Waals surface area contributed by atoms with E-state index in [0.717, 1.165) is 74.8 Å². The molecular formula is C21H28N2O4. The van der Waals surface area contributed by atoms with Gasteiger partial charge in [0.25, 0.3) is 0 Å². The lowest BCUT2D eigenvalue weighted by Gasteiger charge is -2.31. The Hall–Kier alpha value is -1.89. The van der Waals surface area contributed by atoms with Crippen molar-refractivity contribution in [2.24, 2.45) is 0 Å². The highest BCUT2D eigenvalue weighted by Gasteiger charge is 2.35. The predicted octanol–water partition coefficient (Wildman–Crippen LogP) is 2.74. The minimum Gasteiger partial charge on any atom is -0.478 e. The lowest BCUT2D eigenvalue weighted by Crippen LogP contribution is -2.39. The maximum atomic E-state index is 12.7. The molecule has 0 unspecified atom stereocenters. The van der Waals surface area contributed by atoms with Gasteiger partial charge in [-0.3, -0.25) is 14.6 Å². The van der Waals surface area contributed by atoms with Crippen LogP contribution in [0.1, 0.15) is 41.8 Å². The lowest BCUT2D eigenvalue weighted by molar-refractivity contribution is 0.0329. The highest BCUT2D eigenvalue weighted by molar-refractivity contribution is 6.14. The number of carbonyl (C=O) groups is 1. The number of morpholine rings is 1. The summed E-state index contributed by atoms with van der Waals surface area (Å²) in [7, 11) is 0. The number of hydrogen-bond acceptors (Lipinski definition) is 6. The molecule has 146 valence electrons. The minimum absolute atomic E-state index is 0.00487. The van der Waals surface area contributed by atoms with E-state index in [1.807, 2.05) is 26.8 Å². The largest absolute Gasteiger partial charge is 0.478 e. The van der Waals surface area contributed by atoms with Crippen LogP contribution in [0.3, 0.4) is 0 Å². The topological polar surface area (TPSA) is 51.2 Å². The SMILES string of the molecule is CC(C)=C1Oc2c3c(cc(C)c2C1=O)OCN(CCCN1CCOCC1)C3. The molecule has 0 atom stereocenters. The van der Waals surface area contributed by atoms with Crippen molar-refractivity contribution in [1.29, 1.82) is 0 Å². The van der Waals surface area contributed by atoms with Crippen molar-refractivity contribution < 1.29 is 19.0 Å². The molecule has 1 aromatic carbocycles. The number of Topliss-reactive ketones (excluding diaryl/α,β-unsaturated/α-hetero) is 1. The van der Waals surface area contributed by atoms with Gasteiger partial charge in [0.2, 0.25) is 5.78 Å². The van der Waals surface area contributed by atoms with Gasteiger partial charge in [-0.05, 0) is 50.9 Å². The van der Waals surface area contributed by atoms with E-state index in [4.69, 9.17) is 14.2 Å². The van der Waals surface area contributed by atoms with Crippen LogP contribution in [0.5, 0.6) is 11.5 Å². The molecule has 4 rings (SSSR count). The van der Waals surface area contributed by atoms with Gasteiger partial charge in [-0.15, -0.1) is 0 Å². The number of carbonyl (C=O) groups excluding carboxylic acids is 1. The molecule has 0 N–H and O–H groups in total. The van der Waals surface area contributed by atoms with Crippen molar-refractivity contribution in [2.45, 2.75) is 33.7 Å². The van der Waals surface area contributed by atoms with Crippen LogP contribution in [-0.4, -0.2) is 61.7 Å². The molecule has 1 saturated heterocycles. The van der Waals surface area contributed by atoms with Gasteiger partial charge >= 0.3 is 0 Å². The summed E-state index contributed by atoms with van der Waals surface area (Å²) in [5.41, 5.74) is 3.52. The third kappa shape index (κ3) is 3.61. The number of allylic oxidation sites excluding steroid dienone is 2. The van der Waals surface area contributed by atoms with Crippen molar-refractivity contribution in [3.8, 4) is 11.5 Å². The fraction of sp³-hybridized carbons (Fsp3) is 0.571. The molecule has 0 bridgehead atoms. The van der Waals surface area contributed by atoms with Gasteiger partial charge in [0.05, 0.1) is 24.3 Å². The number of aryl methyl sites for hydroxylation is 1. The highest BCUT2D eigenvalue weighted by Crippen LogP contribution is 2.44. The van der Waals surface area contributed by atoms with Gasteiger partial charge in [-0.25, -0.2) is 0 Å². The zero-order valence-corrected chi connectivity index (χ0v) is 16.5. The van der Waals surface area contributed by atoms with Crippen molar-refractivity contribution in [1.82, 2.24) is 9.80 Å². The smallest absolute Gasteiger partial charge is 0.232 e. The first-order valence-electron chi connectivity index (χ1n) is 9.76. The second kappa shape index (κ2) is 7.62. The summed E-state index contributed by atoms with van der Waals surface area (Å²) in [6.07, 6.45) is 1.09. The Balaban J connectivity index is 1.47.